The Morgan fingerprint density at radius 2 is 1.93 bits per heavy atom. The highest BCUT2D eigenvalue weighted by Gasteiger charge is 2.26. The van der Waals surface area contributed by atoms with Crippen LogP contribution in [0.3, 0.4) is 0 Å². The highest BCUT2D eigenvalue weighted by molar-refractivity contribution is 7.22. The van der Waals surface area contributed by atoms with Crippen LogP contribution in [0.5, 0.6) is 5.75 Å². The van der Waals surface area contributed by atoms with Crippen molar-refractivity contribution in [3.05, 3.63) is 54.3 Å². The van der Waals surface area contributed by atoms with Crippen molar-refractivity contribution in [1.29, 1.82) is 0 Å². The van der Waals surface area contributed by atoms with Gasteiger partial charge in [-0.1, -0.05) is 35.6 Å². The second-order valence-electron chi connectivity index (χ2n) is 6.73. The Hall–Kier alpha value is -3.06. The fourth-order valence-electron chi connectivity index (χ4n) is 3.55. The van der Waals surface area contributed by atoms with Gasteiger partial charge in [0, 0.05) is 31.6 Å². The van der Waals surface area contributed by atoms with Gasteiger partial charge in [-0.25, -0.2) is 4.98 Å². The molecule has 5 rings (SSSR count). The van der Waals surface area contributed by atoms with Gasteiger partial charge in [-0.15, -0.1) is 0 Å². The summed E-state index contributed by atoms with van der Waals surface area (Å²) in [6.07, 6.45) is 0. The van der Waals surface area contributed by atoms with Crippen LogP contribution in [0.1, 0.15) is 10.6 Å². The first-order valence-electron chi connectivity index (χ1n) is 9.19. The lowest BCUT2D eigenvalue weighted by atomic mass is 10.2. The van der Waals surface area contributed by atoms with E-state index in [9.17, 15) is 4.79 Å². The molecule has 2 aromatic carbocycles. The third kappa shape index (κ3) is 2.88. The molecule has 0 aliphatic carbocycles. The van der Waals surface area contributed by atoms with Crippen LogP contribution in [-0.2, 0) is 0 Å². The highest BCUT2D eigenvalue weighted by Crippen LogP contribution is 2.31. The zero-order chi connectivity index (χ0) is 19.1. The number of para-hydroxylation sites is 2. The number of carbonyl (C=O) groups is 1. The number of aromatic nitrogens is 1. The summed E-state index contributed by atoms with van der Waals surface area (Å²) in [5.41, 5.74) is 1.64. The zero-order valence-corrected chi connectivity index (χ0v) is 16.2. The number of carbonyl (C=O) groups excluding carboxylic acids is 1. The number of rotatable bonds is 3. The van der Waals surface area contributed by atoms with E-state index in [0.29, 0.717) is 30.2 Å². The predicted molar refractivity (Wildman–Crippen MR) is 111 cm³/mol. The minimum atomic E-state index is -0.0813. The van der Waals surface area contributed by atoms with E-state index >= 15 is 0 Å². The molecular formula is C21H19N3O3S. The lowest BCUT2D eigenvalue weighted by Crippen LogP contribution is -2.48. The van der Waals surface area contributed by atoms with Gasteiger partial charge in [-0.3, -0.25) is 4.79 Å². The maximum atomic E-state index is 12.9. The molecule has 28 heavy (non-hydrogen) atoms. The molecule has 0 radical (unpaired) electrons. The van der Waals surface area contributed by atoms with E-state index in [1.165, 1.54) is 4.70 Å². The van der Waals surface area contributed by atoms with E-state index < -0.39 is 0 Å². The second-order valence-corrected chi connectivity index (χ2v) is 7.74. The Kier molecular flexibility index (Phi) is 4.16. The Labute approximate surface area is 165 Å². The lowest BCUT2D eigenvalue weighted by Gasteiger charge is -2.34. The number of benzene rings is 2. The maximum Gasteiger partial charge on any atom is 0.289 e. The first-order chi connectivity index (χ1) is 13.7. The monoisotopic (exact) mass is 393 g/mol. The number of nitrogens with zero attached hydrogens (tertiary/aromatic N) is 3. The second kappa shape index (κ2) is 6.83. The zero-order valence-electron chi connectivity index (χ0n) is 15.4. The molecule has 6 nitrogen and oxygen atoms in total. The van der Waals surface area contributed by atoms with E-state index in [2.05, 4.69) is 11.0 Å². The van der Waals surface area contributed by atoms with Gasteiger partial charge in [0.2, 0.25) is 0 Å². The fraction of sp³-hybridized carbons (Fsp3) is 0.238. The SMILES string of the molecule is COc1cccc2cc(C(=O)N3CCN(c4nc5ccccc5s4)CC3)oc12. The van der Waals surface area contributed by atoms with E-state index in [-0.39, 0.29) is 5.91 Å². The number of furan rings is 1. The first-order valence-corrected chi connectivity index (χ1v) is 10.0. The van der Waals surface area contributed by atoms with Crippen molar-refractivity contribution in [2.45, 2.75) is 0 Å². The van der Waals surface area contributed by atoms with E-state index in [1.807, 2.05) is 41.3 Å². The van der Waals surface area contributed by atoms with E-state index in [1.54, 1.807) is 24.5 Å². The third-order valence-electron chi connectivity index (χ3n) is 5.06. The smallest absolute Gasteiger partial charge is 0.289 e. The van der Waals surface area contributed by atoms with Gasteiger partial charge in [0.25, 0.3) is 5.91 Å². The molecule has 142 valence electrons. The van der Waals surface area contributed by atoms with E-state index in [0.717, 1.165) is 29.1 Å². The topological polar surface area (TPSA) is 58.8 Å². The number of ether oxygens (including phenoxy) is 1. The molecule has 1 aliphatic heterocycles. The molecule has 2 aromatic heterocycles. The van der Waals surface area contributed by atoms with Gasteiger partial charge in [0.05, 0.1) is 17.3 Å². The number of piperazine rings is 1. The molecule has 4 aromatic rings. The van der Waals surface area contributed by atoms with Crippen LogP contribution >= 0.6 is 11.3 Å². The van der Waals surface area contributed by atoms with Crippen molar-refractivity contribution in [3.8, 4) is 5.75 Å². The molecule has 0 spiro atoms. The number of hydrogen-bond donors (Lipinski definition) is 0. The molecule has 0 unspecified atom stereocenters. The molecule has 0 saturated carbocycles. The van der Waals surface area contributed by atoms with Crippen LogP contribution in [0.2, 0.25) is 0 Å². The largest absolute Gasteiger partial charge is 0.493 e. The van der Waals surface area contributed by atoms with Crippen LogP contribution in [0.4, 0.5) is 5.13 Å². The summed E-state index contributed by atoms with van der Waals surface area (Å²) in [7, 11) is 1.60. The van der Waals surface area contributed by atoms with Gasteiger partial charge in [-0.05, 0) is 24.3 Å². The number of thiazole rings is 1. The minimum absolute atomic E-state index is 0.0813. The van der Waals surface area contributed by atoms with Crippen LogP contribution in [0, 0.1) is 0 Å². The quantitative estimate of drug-likeness (QED) is 0.526. The van der Waals surface area contributed by atoms with Crippen molar-refractivity contribution in [2.75, 3.05) is 38.2 Å². The fourth-order valence-corrected chi connectivity index (χ4v) is 4.57. The summed E-state index contributed by atoms with van der Waals surface area (Å²) in [5.74, 6) is 0.910. The first kappa shape index (κ1) is 17.1. The number of hydrogen-bond acceptors (Lipinski definition) is 6. The summed E-state index contributed by atoms with van der Waals surface area (Å²) in [6.45, 7) is 2.80. The predicted octanol–water partition coefficient (Wildman–Crippen LogP) is 4.01. The molecule has 7 heteroatoms. The van der Waals surface area contributed by atoms with Crippen molar-refractivity contribution < 1.29 is 13.9 Å². The number of amides is 1. The number of methoxy groups -OCH3 is 1. The molecule has 0 N–H and O–H groups in total. The summed E-state index contributed by atoms with van der Waals surface area (Å²) >= 11 is 1.70. The van der Waals surface area contributed by atoms with Crippen molar-refractivity contribution in [2.24, 2.45) is 0 Å². The Morgan fingerprint density at radius 3 is 2.71 bits per heavy atom. The van der Waals surface area contributed by atoms with Gasteiger partial charge in [0.15, 0.2) is 22.2 Å². The molecular weight excluding hydrogens is 374 g/mol. The van der Waals surface area contributed by atoms with Gasteiger partial charge in [-0.2, -0.15) is 0 Å². The summed E-state index contributed by atoms with van der Waals surface area (Å²) < 4.78 is 12.3. The summed E-state index contributed by atoms with van der Waals surface area (Å²) in [6, 6.07) is 15.6. The Morgan fingerprint density at radius 1 is 1.11 bits per heavy atom. The van der Waals surface area contributed by atoms with Crippen LogP contribution < -0.4 is 9.64 Å². The lowest BCUT2D eigenvalue weighted by molar-refractivity contribution is 0.0717. The Balaban J connectivity index is 1.31. The molecule has 1 amide bonds. The van der Waals surface area contributed by atoms with Crippen LogP contribution in [0.15, 0.2) is 52.9 Å². The van der Waals surface area contributed by atoms with Gasteiger partial charge in [0.1, 0.15) is 0 Å². The average molecular weight is 393 g/mol. The normalized spacial score (nSPS) is 14.8. The standard InChI is InChI=1S/C21H19N3O3S/c1-26-16-7-4-5-14-13-17(27-19(14)16)20(25)23-9-11-24(12-10-23)21-22-15-6-2-3-8-18(15)28-21/h2-8,13H,9-12H2,1H3. The third-order valence-corrected chi connectivity index (χ3v) is 6.16. The molecule has 0 atom stereocenters. The molecule has 1 saturated heterocycles. The van der Waals surface area contributed by atoms with Gasteiger partial charge >= 0.3 is 0 Å². The molecule has 1 fully saturated rings. The number of fused-ring (bicyclic) bond motifs is 2. The highest BCUT2D eigenvalue weighted by atomic mass is 32.1. The maximum absolute atomic E-state index is 12.9. The van der Waals surface area contributed by atoms with Crippen LogP contribution in [-0.4, -0.2) is 49.1 Å². The molecule has 3 heterocycles. The summed E-state index contributed by atoms with van der Waals surface area (Å²) in [5, 5.41) is 1.89. The van der Waals surface area contributed by atoms with Crippen molar-refractivity contribution in [1.82, 2.24) is 9.88 Å². The molecule has 1 aliphatic rings. The van der Waals surface area contributed by atoms with Crippen molar-refractivity contribution in [3.63, 3.8) is 0 Å². The summed E-state index contributed by atoms with van der Waals surface area (Å²) in [4.78, 5) is 21.7. The van der Waals surface area contributed by atoms with Crippen molar-refractivity contribution >= 4 is 43.6 Å². The number of anilines is 1. The minimum Gasteiger partial charge on any atom is -0.493 e. The van der Waals surface area contributed by atoms with Crippen LogP contribution in [0.25, 0.3) is 21.2 Å². The van der Waals surface area contributed by atoms with E-state index in [4.69, 9.17) is 14.1 Å². The van der Waals surface area contributed by atoms with Gasteiger partial charge < -0.3 is 19.0 Å². The molecule has 0 bridgehead atoms. The Bertz CT molecular complexity index is 1130. The average Bonchev–Trinajstić information content (AvgIpc) is 3.37.